The monoisotopic (exact) mass is 331 g/mol. The smallest absolute Gasteiger partial charge is 0.365 e. The average molecular weight is 331 g/mol. The van der Waals surface area contributed by atoms with Gasteiger partial charge in [-0.05, 0) is 37.3 Å². The maximum atomic E-state index is 13.5. The van der Waals surface area contributed by atoms with Gasteiger partial charge in [0.25, 0.3) is 5.91 Å². The number of hydrogen-bond acceptors (Lipinski definition) is 2. The van der Waals surface area contributed by atoms with Crippen molar-refractivity contribution < 1.29 is 27.1 Å². The minimum absolute atomic E-state index is 0.00842. The summed E-state index contributed by atoms with van der Waals surface area (Å²) in [5.41, 5.74) is -2.02. The molecule has 0 bridgehead atoms. The van der Waals surface area contributed by atoms with Gasteiger partial charge in [-0.3, -0.25) is 4.79 Å². The van der Waals surface area contributed by atoms with Gasteiger partial charge in [0.2, 0.25) is 0 Å². The molecular formula is C16H17F4NO2. The summed E-state index contributed by atoms with van der Waals surface area (Å²) in [6.45, 7) is 0. The summed E-state index contributed by atoms with van der Waals surface area (Å²) in [6.07, 6.45) is -1.16. The molecule has 3 rings (SSSR count). The molecule has 2 aliphatic rings. The summed E-state index contributed by atoms with van der Waals surface area (Å²) in [6, 6.07) is 2.90. The highest BCUT2D eigenvalue weighted by Gasteiger charge is 2.41. The van der Waals surface area contributed by atoms with E-state index < -0.39 is 35.3 Å². The van der Waals surface area contributed by atoms with Crippen LogP contribution in [0.4, 0.5) is 23.2 Å². The van der Waals surface area contributed by atoms with Gasteiger partial charge in [-0.1, -0.05) is 18.9 Å². The van der Waals surface area contributed by atoms with Crippen LogP contribution in [0, 0.1) is 11.7 Å². The van der Waals surface area contributed by atoms with Gasteiger partial charge in [0, 0.05) is 0 Å². The summed E-state index contributed by atoms with van der Waals surface area (Å²) in [4.78, 5) is 12.2. The predicted octanol–water partition coefficient (Wildman–Crippen LogP) is 4.13. The SMILES string of the molecule is O=C(Nc1cccc(F)c1C(F)(F)F)C1C[C@@H]2CCCC[C@H]2O1. The lowest BCUT2D eigenvalue weighted by Gasteiger charge is -2.23. The van der Waals surface area contributed by atoms with Gasteiger partial charge >= 0.3 is 6.18 Å². The lowest BCUT2D eigenvalue weighted by Crippen LogP contribution is -2.29. The zero-order valence-electron chi connectivity index (χ0n) is 12.3. The van der Waals surface area contributed by atoms with Crippen molar-refractivity contribution in [1.29, 1.82) is 0 Å². The highest BCUT2D eigenvalue weighted by molar-refractivity contribution is 5.95. The summed E-state index contributed by atoms with van der Waals surface area (Å²) in [5.74, 6) is -1.76. The number of nitrogens with one attached hydrogen (secondary N) is 1. The van der Waals surface area contributed by atoms with Gasteiger partial charge in [-0.15, -0.1) is 0 Å². The van der Waals surface area contributed by atoms with Gasteiger partial charge < -0.3 is 10.1 Å². The van der Waals surface area contributed by atoms with E-state index in [4.69, 9.17) is 4.74 Å². The Morgan fingerprint density at radius 2 is 1.96 bits per heavy atom. The lowest BCUT2D eigenvalue weighted by molar-refractivity contribution is -0.139. The number of amides is 1. The standard InChI is InChI=1S/C16H17F4NO2/c17-10-5-3-6-11(14(10)16(18,19)20)21-15(22)13-8-9-4-1-2-7-12(9)23-13/h3,5-6,9,12-13H,1-2,4,7-8H2,(H,21,22)/t9-,12+,13?/m0/s1. The number of benzene rings is 1. The number of carbonyl (C=O) groups excluding carboxylic acids is 1. The molecule has 0 aromatic heterocycles. The molecule has 1 heterocycles. The second kappa shape index (κ2) is 6.11. The number of hydrogen-bond donors (Lipinski definition) is 1. The van der Waals surface area contributed by atoms with Crippen LogP contribution in [0.3, 0.4) is 0 Å². The number of fused-ring (bicyclic) bond motifs is 1. The Morgan fingerprint density at radius 3 is 2.65 bits per heavy atom. The molecule has 2 fully saturated rings. The van der Waals surface area contributed by atoms with Crippen LogP contribution in [0.5, 0.6) is 0 Å². The first-order chi connectivity index (χ1) is 10.9. The van der Waals surface area contributed by atoms with Gasteiger partial charge in [-0.25, -0.2) is 4.39 Å². The molecule has 1 aliphatic carbocycles. The Bertz CT molecular complexity index is 588. The van der Waals surface area contributed by atoms with E-state index in [-0.39, 0.29) is 12.0 Å². The molecule has 1 amide bonds. The van der Waals surface area contributed by atoms with E-state index in [2.05, 4.69) is 5.32 Å². The Balaban J connectivity index is 1.75. The zero-order chi connectivity index (χ0) is 16.6. The molecule has 1 aromatic carbocycles. The number of ether oxygens (including phenoxy) is 1. The fourth-order valence-corrected chi connectivity index (χ4v) is 3.46. The molecule has 3 nitrogen and oxygen atoms in total. The average Bonchev–Trinajstić information content (AvgIpc) is 2.90. The molecule has 23 heavy (non-hydrogen) atoms. The van der Waals surface area contributed by atoms with Crippen LogP contribution in [-0.4, -0.2) is 18.1 Å². The van der Waals surface area contributed by atoms with Crippen LogP contribution in [-0.2, 0) is 15.7 Å². The third-order valence-electron chi connectivity index (χ3n) is 4.54. The van der Waals surface area contributed by atoms with Crippen molar-refractivity contribution >= 4 is 11.6 Å². The van der Waals surface area contributed by atoms with Crippen LogP contribution in [0.25, 0.3) is 0 Å². The van der Waals surface area contributed by atoms with Gasteiger partial charge in [-0.2, -0.15) is 13.2 Å². The summed E-state index contributed by atoms with van der Waals surface area (Å²) < 4.78 is 58.0. The van der Waals surface area contributed by atoms with Crippen LogP contribution < -0.4 is 5.32 Å². The van der Waals surface area contributed by atoms with E-state index in [1.165, 1.54) is 0 Å². The molecule has 1 aliphatic heterocycles. The van der Waals surface area contributed by atoms with Crippen molar-refractivity contribution in [2.24, 2.45) is 5.92 Å². The third-order valence-corrected chi connectivity index (χ3v) is 4.54. The van der Waals surface area contributed by atoms with E-state index in [0.29, 0.717) is 6.42 Å². The van der Waals surface area contributed by atoms with Crippen molar-refractivity contribution in [3.05, 3.63) is 29.6 Å². The third kappa shape index (κ3) is 3.34. The quantitative estimate of drug-likeness (QED) is 0.828. The van der Waals surface area contributed by atoms with Gasteiger partial charge in [0.1, 0.15) is 17.5 Å². The number of carbonyl (C=O) groups is 1. The number of rotatable bonds is 2. The fraction of sp³-hybridized carbons (Fsp3) is 0.562. The molecule has 1 saturated carbocycles. The highest BCUT2D eigenvalue weighted by Crippen LogP contribution is 2.39. The highest BCUT2D eigenvalue weighted by atomic mass is 19.4. The van der Waals surface area contributed by atoms with Crippen LogP contribution in [0.2, 0.25) is 0 Å². The molecule has 126 valence electrons. The van der Waals surface area contributed by atoms with Crippen molar-refractivity contribution in [2.45, 2.75) is 50.5 Å². The van der Waals surface area contributed by atoms with Crippen LogP contribution >= 0.6 is 0 Å². The van der Waals surface area contributed by atoms with E-state index in [0.717, 1.165) is 43.9 Å². The Hall–Kier alpha value is -1.63. The van der Waals surface area contributed by atoms with E-state index in [1.807, 2.05) is 0 Å². The maximum absolute atomic E-state index is 13.5. The largest absolute Gasteiger partial charge is 0.421 e. The molecule has 1 unspecified atom stereocenters. The topological polar surface area (TPSA) is 38.3 Å². The van der Waals surface area contributed by atoms with Crippen molar-refractivity contribution in [3.8, 4) is 0 Å². The molecule has 1 saturated heterocycles. The zero-order valence-corrected chi connectivity index (χ0v) is 12.3. The summed E-state index contributed by atoms with van der Waals surface area (Å²) >= 11 is 0. The first kappa shape index (κ1) is 16.2. The van der Waals surface area contributed by atoms with Crippen molar-refractivity contribution in [2.75, 3.05) is 5.32 Å². The lowest BCUT2D eigenvalue weighted by atomic mass is 9.85. The van der Waals surface area contributed by atoms with E-state index in [1.54, 1.807) is 0 Å². The minimum Gasteiger partial charge on any atom is -0.365 e. The molecule has 3 atom stereocenters. The van der Waals surface area contributed by atoms with Crippen molar-refractivity contribution in [1.82, 2.24) is 0 Å². The maximum Gasteiger partial charge on any atom is 0.421 e. The molecule has 0 radical (unpaired) electrons. The molecule has 1 aromatic rings. The molecule has 7 heteroatoms. The Labute approximate surface area is 131 Å². The number of alkyl halides is 3. The first-order valence-corrected chi connectivity index (χ1v) is 7.68. The summed E-state index contributed by atoms with van der Waals surface area (Å²) in [7, 11) is 0. The molecule has 0 spiro atoms. The second-order valence-corrected chi connectivity index (χ2v) is 6.09. The van der Waals surface area contributed by atoms with Crippen LogP contribution in [0.15, 0.2) is 18.2 Å². The first-order valence-electron chi connectivity index (χ1n) is 7.68. The molecular weight excluding hydrogens is 314 g/mol. The van der Waals surface area contributed by atoms with E-state index in [9.17, 15) is 22.4 Å². The van der Waals surface area contributed by atoms with Gasteiger partial charge in [0.05, 0.1) is 11.8 Å². The second-order valence-electron chi connectivity index (χ2n) is 6.09. The molecule has 1 N–H and O–H groups in total. The Kier molecular flexibility index (Phi) is 4.31. The van der Waals surface area contributed by atoms with Crippen LogP contribution in [0.1, 0.15) is 37.7 Å². The fourth-order valence-electron chi connectivity index (χ4n) is 3.46. The predicted molar refractivity (Wildman–Crippen MR) is 75.3 cm³/mol. The van der Waals surface area contributed by atoms with Gasteiger partial charge in [0.15, 0.2) is 0 Å². The summed E-state index contributed by atoms with van der Waals surface area (Å²) in [5, 5.41) is 2.19. The van der Waals surface area contributed by atoms with E-state index >= 15 is 0 Å². The van der Waals surface area contributed by atoms with Crippen molar-refractivity contribution in [3.63, 3.8) is 0 Å². The normalized spacial score (nSPS) is 27.6. The Morgan fingerprint density at radius 1 is 1.22 bits per heavy atom. The number of halogens is 4. The number of anilines is 1. The minimum atomic E-state index is -4.88.